The van der Waals surface area contributed by atoms with Crippen LogP contribution in [0.1, 0.15) is 6.42 Å². The average molecular weight is 245 g/mol. The summed E-state index contributed by atoms with van der Waals surface area (Å²) >= 11 is 0. The van der Waals surface area contributed by atoms with Gasteiger partial charge < -0.3 is 10.8 Å². The largest absolute Gasteiger partial charge is 0.745 e. The fraction of sp³-hybridized carbons (Fsp3) is 0.600. The van der Waals surface area contributed by atoms with E-state index in [4.69, 9.17) is 20.6 Å². The van der Waals surface area contributed by atoms with Gasteiger partial charge in [-0.15, -0.1) is 16.4 Å². The number of aliphatic hydroxyl groups excluding tert-OH is 1. The first-order valence-electron chi connectivity index (χ1n) is 3.43. The molecule has 3 unspecified atom stereocenters. The van der Waals surface area contributed by atoms with Crippen LogP contribution in [0, 0.1) is 0 Å². The summed E-state index contributed by atoms with van der Waals surface area (Å²) in [5.74, 6) is 0. The second-order valence-corrected chi connectivity index (χ2v) is 3.58. The molecule has 0 aromatic carbocycles. The Morgan fingerprint density at radius 1 is 1.43 bits per heavy atom. The lowest BCUT2D eigenvalue weighted by atomic mass is 10.2. The Labute approximate surface area is 83.1 Å². The average Bonchev–Trinajstić information content (AvgIpc) is 2.03. The van der Waals surface area contributed by atoms with E-state index in [1.807, 2.05) is 0 Å². The second-order valence-electron chi connectivity index (χ2n) is 1.97. The SMILES string of the molecule is C=CCC(O)CN.O=[P+](O)O[P+](=O)O. The zero-order valence-corrected chi connectivity index (χ0v) is 9.10. The van der Waals surface area contributed by atoms with Crippen molar-refractivity contribution < 1.29 is 28.3 Å². The molecule has 0 aromatic heterocycles. The monoisotopic (exact) mass is 245 g/mol. The van der Waals surface area contributed by atoms with Gasteiger partial charge >= 0.3 is 16.5 Å². The summed E-state index contributed by atoms with van der Waals surface area (Å²) in [5, 5.41) is 8.66. The first kappa shape index (κ1) is 16.2. The van der Waals surface area contributed by atoms with E-state index in [-0.39, 0.29) is 0 Å². The minimum Gasteiger partial charge on any atom is -0.391 e. The van der Waals surface area contributed by atoms with Crippen molar-refractivity contribution in [3.05, 3.63) is 12.7 Å². The zero-order chi connectivity index (χ0) is 11.6. The molecule has 0 bridgehead atoms. The summed E-state index contributed by atoms with van der Waals surface area (Å²) in [4.78, 5) is 15.3. The minimum atomic E-state index is -2.92. The molecule has 0 fully saturated rings. The molecule has 0 radical (unpaired) electrons. The number of hydrogen-bond donors (Lipinski definition) is 4. The topological polar surface area (TPSA) is 130 Å². The van der Waals surface area contributed by atoms with E-state index in [2.05, 4.69) is 10.9 Å². The number of nitrogens with two attached hydrogens (primary N) is 1. The smallest absolute Gasteiger partial charge is 0.391 e. The van der Waals surface area contributed by atoms with Gasteiger partial charge in [0.15, 0.2) is 4.31 Å². The van der Waals surface area contributed by atoms with Crippen LogP contribution in [-0.4, -0.2) is 27.5 Å². The van der Waals surface area contributed by atoms with E-state index in [1.54, 1.807) is 6.08 Å². The van der Waals surface area contributed by atoms with Crippen LogP contribution in [0.4, 0.5) is 0 Å². The molecule has 0 saturated heterocycles. The summed E-state index contributed by atoms with van der Waals surface area (Å²) in [6, 6.07) is 0. The lowest BCUT2D eigenvalue weighted by molar-refractivity contribution is 0.186. The van der Waals surface area contributed by atoms with E-state index in [9.17, 15) is 9.13 Å². The normalized spacial score (nSPS) is 13.4. The van der Waals surface area contributed by atoms with Crippen molar-refractivity contribution in [1.82, 2.24) is 0 Å². The molecule has 3 atom stereocenters. The fourth-order valence-electron chi connectivity index (χ4n) is 0.348. The first-order chi connectivity index (χ1) is 6.43. The van der Waals surface area contributed by atoms with Gasteiger partial charge in [0, 0.05) is 15.7 Å². The number of aliphatic hydroxyl groups is 1. The van der Waals surface area contributed by atoms with Gasteiger partial charge in [-0.2, -0.15) is 0 Å². The van der Waals surface area contributed by atoms with E-state index >= 15 is 0 Å². The Morgan fingerprint density at radius 2 is 1.86 bits per heavy atom. The van der Waals surface area contributed by atoms with Crippen LogP contribution in [-0.2, 0) is 13.4 Å². The highest BCUT2D eigenvalue weighted by Crippen LogP contribution is 2.30. The molecular weight excluding hydrogens is 232 g/mol. The second kappa shape index (κ2) is 10.8. The van der Waals surface area contributed by atoms with Gasteiger partial charge in [0.05, 0.1) is 6.10 Å². The van der Waals surface area contributed by atoms with Crippen LogP contribution in [0.2, 0.25) is 0 Å². The van der Waals surface area contributed by atoms with Crippen molar-refractivity contribution in [3.8, 4) is 0 Å². The molecule has 0 aliphatic carbocycles. The molecule has 82 valence electrons. The Balaban J connectivity index is 0. The van der Waals surface area contributed by atoms with Crippen LogP contribution in [0.25, 0.3) is 0 Å². The molecule has 0 aromatic rings. The summed E-state index contributed by atoms with van der Waals surface area (Å²) < 4.78 is 22.2. The van der Waals surface area contributed by atoms with Gasteiger partial charge in [0.1, 0.15) is 0 Å². The first-order valence-corrected chi connectivity index (χ1v) is 5.69. The van der Waals surface area contributed by atoms with Crippen molar-refractivity contribution in [2.45, 2.75) is 12.5 Å². The minimum absolute atomic E-state index is 0.325. The number of rotatable bonds is 5. The van der Waals surface area contributed by atoms with Crippen LogP contribution in [0.5, 0.6) is 0 Å². The predicted molar refractivity (Wildman–Crippen MR) is 50.6 cm³/mol. The Kier molecular flexibility index (Phi) is 12.5. The lowest BCUT2D eigenvalue weighted by Gasteiger charge is -1.99. The molecule has 0 heterocycles. The maximum atomic E-state index is 9.39. The van der Waals surface area contributed by atoms with Crippen LogP contribution < -0.4 is 5.73 Å². The highest BCUT2D eigenvalue weighted by Gasteiger charge is 2.31. The standard InChI is InChI=1S/C5H11NO.O5P2/c1-2-3-5(7)4-6;1-6(2)5-7(3)4/h2,5,7H,1,3-4,6H2;/p+2. The van der Waals surface area contributed by atoms with Crippen LogP contribution in [0.15, 0.2) is 12.7 Å². The highest BCUT2D eigenvalue weighted by atomic mass is 31.2. The van der Waals surface area contributed by atoms with Gasteiger partial charge in [-0.25, -0.2) is 0 Å². The third-order valence-electron chi connectivity index (χ3n) is 0.851. The van der Waals surface area contributed by atoms with Gasteiger partial charge in [-0.3, -0.25) is 0 Å². The van der Waals surface area contributed by atoms with Crippen molar-refractivity contribution in [1.29, 1.82) is 0 Å². The molecule has 9 heteroatoms. The third-order valence-corrected chi connectivity index (χ3v) is 1.97. The molecule has 0 saturated carbocycles. The van der Waals surface area contributed by atoms with Crippen molar-refractivity contribution in [3.63, 3.8) is 0 Å². The molecule has 0 amide bonds. The Morgan fingerprint density at radius 3 is 1.93 bits per heavy atom. The summed E-state index contributed by atoms with van der Waals surface area (Å²) in [7, 11) is -5.85. The van der Waals surface area contributed by atoms with E-state index < -0.39 is 22.6 Å². The molecule has 0 spiro atoms. The van der Waals surface area contributed by atoms with Crippen molar-refractivity contribution in [2.24, 2.45) is 5.73 Å². The maximum absolute atomic E-state index is 9.39. The van der Waals surface area contributed by atoms with Gasteiger partial charge in [-0.05, 0) is 6.42 Å². The molecular formula is C5H13NO6P2+2. The fourth-order valence-corrected chi connectivity index (χ4v) is 0.826. The van der Waals surface area contributed by atoms with Gasteiger partial charge in [-0.1, -0.05) is 6.08 Å². The molecule has 14 heavy (non-hydrogen) atoms. The van der Waals surface area contributed by atoms with Crippen molar-refractivity contribution >= 4 is 16.5 Å². The summed E-state index contributed by atoms with van der Waals surface area (Å²) in [6.07, 6.45) is 1.85. The van der Waals surface area contributed by atoms with Gasteiger partial charge in [0.25, 0.3) is 0 Å². The molecule has 0 aliphatic heterocycles. The molecule has 5 N–H and O–H groups in total. The Hall–Kier alpha value is -0.260. The molecule has 0 rings (SSSR count). The highest BCUT2D eigenvalue weighted by molar-refractivity contribution is 7.46. The van der Waals surface area contributed by atoms with E-state index in [0.29, 0.717) is 13.0 Å². The quantitative estimate of drug-likeness (QED) is 0.401. The van der Waals surface area contributed by atoms with Gasteiger partial charge in [0.2, 0.25) is 0 Å². The third kappa shape index (κ3) is 17.7. The molecule has 0 aliphatic rings. The zero-order valence-electron chi connectivity index (χ0n) is 7.31. The van der Waals surface area contributed by atoms with Crippen molar-refractivity contribution in [2.75, 3.05) is 6.54 Å². The van der Waals surface area contributed by atoms with Crippen LogP contribution >= 0.6 is 16.5 Å². The van der Waals surface area contributed by atoms with E-state index in [0.717, 1.165) is 0 Å². The maximum Gasteiger partial charge on any atom is 0.745 e. The Bertz CT molecular complexity index is 187. The van der Waals surface area contributed by atoms with Crippen LogP contribution in [0.3, 0.4) is 0 Å². The summed E-state index contributed by atoms with van der Waals surface area (Å²) in [6.45, 7) is 3.76. The molecule has 7 nitrogen and oxygen atoms in total. The lowest BCUT2D eigenvalue weighted by Crippen LogP contribution is -2.18. The summed E-state index contributed by atoms with van der Waals surface area (Å²) in [5.41, 5.74) is 5.06. The predicted octanol–water partition coefficient (Wildman–Crippen LogP) is 0.184. The number of hydrogen-bond acceptors (Lipinski definition) is 5. The van der Waals surface area contributed by atoms with E-state index in [1.165, 1.54) is 0 Å².